The highest BCUT2D eigenvalue weighted by molar-refractivity contribution is 5.87. The average Bonchev–Trinajstić information content (AvgIpc) is 3.72. The standard InChI is InChI=1S/C33H28F5NO4/c1-3-42-30(41)31(18-19-31)25-14-10-23(11-15-25)22-6-8-24(9-7-22)28-27(20(2)39-43-28)29(40)32(34,35)17-16-21-4-12-26(13-5-21)33(36,37)38/h4-17,29,40H,3,18-19H2,1-2H3/b17-16+. The van der Waals surface area contributed by atoms with Gasteiger partial charge in [-0.3, -0.25) is 4.79 Å². The van der Waals surface area contributed by atoms with Gasteiger partial charge in [-0.2, -0.15) is 22.0 Å². The van der Waals surface area contributed by atoms with Crippen molar-refractivity contribution in [2.24, 2.45) is 0 Å². The molecular formula is C33H28F5NO4. The Hall–Kier alpha value is -4.31. The molecular weight excluding hydrogens is 569 g/mol. The van der Waals surface area contributed by atoms with Gasteiger partial charge in [0.25, 0.3) is 5.92 Å². The third-order valence-corrected chi connectivity index (χ3v) is 7.62. The molecule has 10 heteroatoms. The molecule has 1 atom stereocenters. The minimum absolute atomic E-state index is 0.0281. The van der Waals surface area contributed by atoms with Crippen molar-refractivity contribution in [1.29, 1.82) is 0 Å². The Morgan fingerprint density at radius 3 is 2.05 bits per heavy atom. The maximum atomic E-state index is 15.1. The molecule has 1 saturated carbocycles. The first kappa shape index (κ1) is 30.2. The minimum Gasteiger partial charge on any atom is -0.465 e. The van der Waals surface area contributed by atoms with E-state index in [0.717, 1.165) is 59.9 Å². The molecule has 1 N–H and O–H groups in total. The summed E-state index contributed by atoms with van der Waals surface area (Å²) in [6.07, 6.45) is -4.00. The molecule has 1 unspecified atom stereocenters. The van der Waals surface area contributed by atoms with Crippen LogP contribution in [0.25, 0.3) is 28.5 Å². The second kappa shape index (κ2) is 11.4. The number of halogens is 5. The van der Waals surface area contributed by atoms with E-state index in [-0.39, 0.29) is 28.6 Å². The summed E-state index contributed by atoms with van der Waals surface area (Å²) < 4.78 is 79.1. The fourth-order valence-corrected chi connectivity index (χ4v) is 4.98. The fourth-order valence-electron chi connectivity index (χ4n) is 4.98. The van der Waals surface area contributed by atoms with Gasteiger partial charge >= 0.3 is 12.1 Å². The van der Waals surface area contributed by atoms with Gasteiger partial charge in [0, 0.05) is 5.56 Å². The molecule has 1 aliphatic carbocycles. The number of ether oxygens (including phenoxy) is 1. The number of nitrogens with zero attached hydrogens (tertiary/aromatic N) is 1. The topological polar surface area (TPSA) is 72.6 Å². The number of aryl methyl sites for hydroxylation is 1. The summed E-state index contributed by atoms with van der Waals surface area (Å²) in [5.41, 5.74) is 1.53. The maximum Gasteiger partial charge on any atom is 0.416 e. The molecule has 224 valence electrons. The van der Waals surface area contributed by atoms with Crippen LogP contribution in [0.3, 0.4) is 0 Å². The monoisotopic (exact) mass is 597 g/mol. The first-order valence-corrected chi connectivity index (χ1v) is 13.6. The van der Waals surface area contributed by atoms with Crippen LogP contribution in [0.5, 0.6) is 0 Å². The molecule has 0 radical (unpaired) electrons. The smallest absolute Gasteiger partial charge is 0.416 e. The quantitative estimate of drug-likeness (QED) is 0.155. The summed E-state index contributed by atoms with van der Waals surface area (Å²) in [5.74, 6) is -4.04. The number of aliphatic hydroxyl groups is 1. The number of benzene rings is 3. The summed E-state index contributed by atoms with van der Waals surface area (Å²) in [6.45, 7) is 3.53. The predicted octanol–water partition coefficient (Wildman–Crippen LogP) is 8.31. The Morgan fingerprint density at radius 1 is 0.953 bits per heavy atom. The molecule has 1 heterocycles. The second-order valence-corrected chi connectivity index (χ2v) is 10.5. The van der Waals surface area contributed by atoms with Crippen molar-refractivity contribution in [2.75, 3.05) is 6.61 Å². The summed E-state index contributed by atoms with van der Waals surface area (Å²) in [4.78, 5) is 12.4. The Balaban J connectivity index is 1.33. The van der Waals surface area contributed by atoms with Crippen molar-refractivity contribution in [3.05, 3.63) is 107 Å². The van der Waals surface area contributed by atoms with Gasteiger partial charge in [-0.15, -0.1) is 0 Å². The lowest BCUT2D eigenvalue weighted by Crippen LogP contribution is -2.24. The number of hydrogen-bond acceptors (Lipinski definition) is 5. The lowest BCUT2D eigenvalue weighted by Gasteiger charge is -2.20. The van der Waals surface area contributed by atoms with Gasteiger partial charge in [0.05, 0.1) is 28.8 Å². The van der Waals surface area contributed by atoms with Crippen molar-refractivity contribution in [2.45, 2.75) is 50.3 Å². The maximum absolute atomic E-state index is 15.1. The van der Waals surface area contributed by atoms with Crippen LogP contribution in [0.1, 0.15) is 53.8 Å². The number of esters is 1. The van der Waals surface area contributed by atoms with E-state index in [0.29, 0.717) is 18.2 Å². The van der Waals surface area contributed by atoms with E-state index in [4.69, 9.17) is 9.26 Å². The van der Waals surface area contributed by atoms with E-state index in [9.17, 15) is 23.1 Å². The Kier molecular flexibility index (Phi) is 8.00. The molecule has 1 fully saturated rings. The number of hydrogen-bond donors (Lipinski definition) is 1. The van der Waals surface area contributed by atoms with Gasteiger partial charge in [-0.05, 0) is 67.2 Å². The van der Waals surface area contributed by atoms with E-state index >= 15 is 8.78 Å². The molecule has 1 aliphatic rings. The number of rotatable bonds is 9. The van der Waals surface area contributed by atoms with Crippen LogP contribution in [0, 0.1) is 6.92 Å². The van der Waals surface area contributed by atoms with Crippen LogP contribution in [-0.2, 0) is 21.1 Å². The van der Waals surface area contributed by atoms with Gasteiger partial charge in [0.2, 0.25) is 0 Å². The SMILES string of the molecule is CCOC(=O)C1(c2ccc(-c3ccc(-c4onc(C)c4C(O)C(F)(F)/C=C/c4ccc(C(F)(F)F)cc4)cc3)cc2)CC1. The normalized spacial score (nSPS) is 15.4. The molecule has 5 nitrogen and oxygen atoms in total. The van der Waals surface area contributed by atoms with Crippen molar-refractivity contribution in [3.63, 3.8) is 0 Å². The van der Waals surface area contributed by atoms with Crippen LogP contribution in [-0.4, -0.2) is 28.8 Å². The Bertz CT molecular complexity index is 1620. The molecule has 43 heavy (non-hydrogen) atoms. The number of carbonyl (C=O) groups is 1. The zero-order chi connectivity index (χ0) is 31.0. The molecule has 0 spiro atoms. The molecule has 0 saturated heterocycles. The van der Waals surface area contributed by atoms with Gasteiger partial charge in [0.1, 0.15) is 0 Å². The summed E-state index contributed by atoms with van der Waals surface area (Å²) in [5, 5.41) is 14.5. The highest BCUT2D eigenvalue weighted by Gasteiger charge is 2.52. The average molecular weight is 598 g/mol. The van der Waals surface area contributed by atoms with E-state index in [1.807, 2.05) is 24.3 Å². The van der Waals surface area contributed by atoms with Gasteiger partial charge in [-0.25, -0.2) is 0 Å². The summed E-state index contributed by atoms with van der Waals surface area (Å²) in [7, 11) is 0. The van der Waals surface area contributed by atoms with E-state index < -0.39 is 29.2 Å². The Labute approximate surface area is 244 Å². The van der Waals surface area contributed by atoms with Gasteiger partial charge in [-0.1, -0.05) is 71.9 Å². The summed E-state index contributed by atoms with van der Waals surface area (Å²) in [6, 6.07) is 18.2. The number of aromatic nitrogens is 1. The van der Waals surface area contributed by atoms with Crippen LogP contribution < -0.4 is 0 Å². The molecule has 4 aromatic rings. The van der Waals surface area contributed by atoms with Crippen LogP contribution in [0.2, 0.25) is 0 Å². The van der Waals surface area contributed by atoms with Crippen molar-refractivity contribution in [1.82, 2.24) is 5.16 Å². The molecule has 0 bridgehead atoms. The number of aliphatic hydroxyl groups excluding tert-OH is 1. The van der Waals surface area contributed by atoms with E-state index in [1.165, 1.54) is 6.92 Å². The molecule has 0 aliphatic heterocycles. The van der Waals surface area contributed by atoms with Crippen LogP contribution >= 0.6 is 0 Å². The van der Waals surface area contributed by atoms with Gasteiger partial charge < -0.3 is 14.4 Å². The molecule has 5 rings (SSSR count). The highest BCUT2D eigenvalue weighted by Crippen LogP contribution is 2.49. The van der Waals surface area contributed by atoms with E-state index in [2.05, 4.69) is 5.16 Å². The largest absolute Gasteiger partial charge is 0.465 e. The fraction of sp³-hybridized carbons (Fsp3) is 0.273. The molecule has 0 amide bonds. The van der Waals surface area contributed by atoms with Crippen LogP contribution in [0.4, 0.5) is 22.0 Å². The predicted molar refractivity (Wildman–Crippen MR) is 150 cm³/mol. The van der Waals surface area contributed by atoms with Crippen molar-refractivity contribution in [3.8, 4) is 22.5 Å². The van der Waals surface area contributed by atoms with Gasteiger partial charge in [0.15, 0.2) is 11.9 Å². The third-order valence-electron chi connectivity index (χ3n) is 7.62. The van der Waals surface area contributed by atoms with E-state index in [1.54, 1.807) is 31.2 Å². The second-order valence-electron chi connectivity index (χ2n) is 10.5. The number of carbonyl (C=O) groups excluding carboxylic acids is 1. The lowest BCUT2D eigenvalue weighted by atomic mass is 9.93. The summed E-state index contributed by atoms with van der Waals surface area (Å²) >= 11 is 0. The zero-order valence-corrected chi connectivity index (χ0v) is 23.3. The van der Waals surface area contributed by atoms with Crippen molar-refractivity contribution < 1.29 is 41.1 Å². The highest BCUT2D eigenvalue weighted by atomic mass is 19.4. The third kappa shape index (κ3) is 6.10. The van der Waals surface area contributed by atoms with Crippen molar-refractivity contribution >= 4 is 12.0 Å². The van der Waals surface area contributed by atoms with Crippen LogP contribution in [0.15, 0.2) is 83.4 Å². The zero-order valence-electron chi connectivity index (χ0n) is 23.3. The molecule has 3 aromatic carbocycles. The minimum atomic E-state index is -4.54. The molecule has 1 aromatic heterocycles. The first-order valence-electron chi connectivity index (χ1n) is 13.6. The Morgan fingerprint density at radius 2 is 1.51 bits per heavy atom. The lowest BCUT2D eigenvalue weighted by molar-refractivity contribution is -0.146. The number of alkyl halides is 5. The first-order chi connectivity index (χ1) is 20.4.